The summed E-state index contributed by atoms with van der Waals surface area (Å²) in [5.74, 6) is 1.95. The van der Waals surface area contributed by atoms with Crippen molar-refractivity contribution in [2.24, 2.45) is 11.8 Å². The van der Waals surface area contributed by atoms with Gasteiger partial charge in [0.05, 0.1) is 12.8 Å². The molecule has 2 aliphatic rings. The smallest absolute Gasteiger partial charge is 0.245 e. The van der Waals surface area contributed by atoms with Crippen LogP contribution in [0.4, 0.5) is 0 Å². The Labute approximate surface area is 131 Å². The first kappa shape index (κ1) is 15.1. The van der Waals surface area contributed by atoms with Crippen LogP contribution in [0.15, 0.2) is 22.8 Å². The molecule has 0 aromatic carbocycles. The van der Waals surface area contributed by atoms with Crippen molar-refractivity contribution in [3.05, 3.63) is 24.2 Å². The highest BCUT2D eigenvalue weighted by molar-refractivity contribution is 5.91. The van der Waals surface area contributed by atoms with Crippen LogP contribution in [0.25, 0.3) is 0 Å². The van der Waals surface area contributed by atoms with E-state index < -0.39 is 0 Å². The number of carbonyl (C=O) groups is 2. The Morgan fingerprint density at radius 3 is 2.68 bits per heavy atom. The molecular formula is C17H24N2O3. The molecule has 2 saturated heterocycles. The summed E-state index contributed by atoms with van der Waals surface area (Å²) < 4.78 is 5.33. The monoisotopic (exact) mass is 304 g/mol. The minimum Gasteiger partial charge on any atom is -0.467 e. The number of hydrogen-bond acceptors (Lipinski definition) is 3. The highest BCUT2D eigenvalue weighted by Crippen LogP contribution is 2.27. The van der Waals surface area contributed by atoms with Crippen molar-refractivity contribution >= 4 is 11.8 Å². The predicted molar refractivity (Wildman–Crippen MR) is 81.8 cm³/mol. The molecule has 0 unspecified atom stereocenters. The molecule has 5 nitrogen and oxygen atoms in total. The SMILES string of the molecule is C[C@@H]1C[C@@H](C)CN(C(=O)[C@@H]2CCC(=O)N2Cc2ccco2)C1. The Morgan fingerprint density at radius 1 is 1.32 bits per heavy atom. The molecule has 1 aromatic heterocycles. The lowest BCUT2D eigenvalue weighted by atomic mass is 9.91. The Kier molecular flexibility index (Phi) is 4.23. The van der Waals surface area contributed by atoms with Gasteiger partial charge in [0.25, 0.3) is 0 Å². The van der Waals surface area contributed by atoms with E-state index in [0.717, 1.165) is 18.8 Å². The molecule has 3 rings (SSSR count). The lowest BCUT2D eigenvalue weighted by molar-refractivity contribution is -0.143. The van der Waals surface area contributed by atoms with E-state index in [9.17, 15) is 9.59 Å². The van der Waals surface area contributed by atoms with E-state index in [1.807, 2.05) is 11.0 Å². The van der Waals surface area contributed by atoms with Crippen molar-refractivity contribution < 1.29 is 14.0 Å². The summed E-state index contributed by atoms with van der Waals surface area (Å²) >= 11 is 0. The number of piperidine rings is 1. The van der Waals surface area contributed by atoms with Gasteiger partial charge in [-0.25, -0.2) is 0 Å². The van der Waals surface area contributed by atoms with Gasteiger partial charge in [0.2, 0.25) is 11.8 Å². The van der Waals surface area contributed by atoms with Gasteiger partial charge < -0.3 is 14.2 Å². The molecule has 3 heterocycles. The summed E-state index contributed by atoms with van der Waals surface area (Å²) in [5.41, 5.74) is 0. The van der Waals surface area contributed by atoms with Crippen molar-refractivity contribution in [3.8, 4) is 0 Å². The van der Waals surface area contributed by atoms with Gasteiger partial charge in [-0.3, -0.25) is 9.59 Å². The summed E-state index contributed by atoms with van der Waals surface area (Å²) in [6, 6.07) is 3.33. The molecule has 120 valence electrons. The zero-order chi connectivity index (χ0) is 15.7. The van der Waals surface area contributed by atoms with E-state index in [-0.39, 0.29) is 17.9 Å². The topological polar surface area (TPSA) is 53.8 Å². The number of likely N-dealkylation sites (tertiary alicyclic amines) is 2. The summed E-state index contributed by atoms with van der Waals surface area (Å²) in [7, 11) is 0. The van der Waals surface area contributed by atoms with Gasteiger partial charge in [-0.15, -0.1) is 0 Å². The first-order valence-corrected chi connectivity index (χ1v) is 8.15. The third-order valence-electron chi connectivity index (χ3n) is 4.70. The van der Waals surface area contributed by atoms with Gasteiger partial charge in [-0.05, 0) is 36.8 Å². The lowest BCUT2D eigenvalue weighted by Gasteiger charge is -2.37. The molecule has 1 aromatic rings. The average molecular weight is 304 g/mol. The van der Waals surface area contributed by atoms with Crippen molar-refractivity contribution in [1.29, 1.82) is 0 Å². The number of hydrogen-bond donors (Lipinski definition) is 0. The molecule has 5 heteroatoms. The standard InChI is InChI=1S/C17H24N2O3/c1-12-8-13(2)10-18(9-12)17(21)15-5-6-16(20)19(15)11-14-4-3-7-22-14/h3-4,7,12-13,15H,5-6,8-11H2,1-2H3/t12-,13-,15+/m1/s1. The van der Waals surface area contributed by atoms with Gasteiger partial charge in [-0.1, -0.05) is 13.8 Å². The third kappa shape index (κ3) is 3.03. The Balaban J connectivity index is 1.71. The molecule has 2 amide bonds. The summed E-state index contributed by atoms with van der Waals surface area (Å²) in [5, 5.41) is 0. The average Bonchev–Trinajstić information content (AvgIpc) is 3.09. The Hall–Kier alpha value is -1.78. The van der Waals surface area contributed by atoms with Crippen molar-refractivity contribution in [2.45, 2.75) is 45.7 Å². The van der Waals surface area contributed by atoms with E-state index in [0.29, 0.717) is 31.2 Å². The lowest BCUT2D eigenvalue weighted by Crippen LogP contribution is -2.50. The summed E-state index contributed by atoms with van der Waals surface area (Å²) in [6.07, 6.45) is 3.85. The zero-order valence-electron chi connectivity index (χ0n) is 13.3. The molecule has 0 saturated carbocycles. The molecule has 22 heavy (non-hydrogen) atoms. The van der Waals surface area contributed by atoms with E-state index in [4.69, 9.17) is 4.42 Å². The van der Waals surface area contributed by atoms with Gasteiger partial charge in [-0.2, -0.15) is 0 Å². The van der Waals surface area contributed by atoms with Gasteiger partial charge >= 0.3 is 0 Å². The quantitative estimate of drug-likeness (QED) is 0.861. The summed E-state index contributed by atoms with van der Waals surface area (Å²) in [6.45, 7) is 6.39. The predicted octanol–water partition coefficient (Wildman–Crippen LogP) is 2.28. The third-order valence-corrected chi connectivity index (χ3v) is 4.70. The molecule has 0 spiro atoms. The fourth-order valence-corrected chi connectivity index (χ4v) is 3.81. The number of rotatable bonds is 3. The maximum Gasteiger partial charge on any atom is 0.245 e. The Morgan fingerprint density at radius 2 is 2.05 bits per heavy atom. The number of nitrogens with zero attached hydrogens (tertiary/aromatic N) is 2. The van der Waals surface area contributed by atoms with Crippen LogP contribution in [0.1, 0.15) is 38.9 Å². The van der Waals surface area contributed by atoms with Crippen LogP contribution >= 0.6 is 0 Å². The van der Waals surface area contributed by atoms with E-state index >= 15 is 0 Å². The number of furan rings is 1. The van der Waals surface area contributed by atoms with E-state index in [2.05, 4.69) is 13.8 Å². The van der Waals surface area contributed by atoms with Crippen LogP contribution in [-0.4, -0.2) is 40.7 Å². The van der Waals surface area contributed by atoms with Crippen LogP contribution in [0.2, 0.25) is 0 Å². The number of amides is 2. The van der Waals surface area contributed by atoms with E-state index in [1.165, 1.54) is 6.42 Å². The highest BCUT2D eigenvalue weighted by atomic mass is 16.3. The molecule has 0 aliphatic carbocycles. The normalized spacial score (nSPS) is 29.2. The zero-order valence-corrected chi connectivity index (χ0v) is 13.3. The first-order valence-electron chi connectivity index (χ1n) is 8.15. The fraction of sp³-hybridized carbons (Fsp3) is 0.647. The van der Waals surface area contributed by atoms with Crippen LogP contribution in [0.3, 0.4) is 0 Å². The van der Waals surface area contributed by atoms with Crippen LogP contribution in [-0.2, 0) is 16.1 Å². The van der Waals surface area contributed by atoms with Gasteiger partial charge in [0.15, 0.2) is 0 Å². The van der Waals surface area contributed by atoms with Crippen LogP contribution in [0.5, 0.6) is 0 Å². The van der Waals surface area contributed by atoms with E-state index in [1.54, 1.807) is 17.2 Å². The molecular weight excluding hydrogens is 280 g/mol. The molecule has 0 radical (unpaired) electrons. The molecule has 0 bridgehead atoms. The molecule has 2 fully saturated rings. The maximum atomic E-state index is 12.9. The van der Waals surface area contributed by atoms with Gasteiger partial charge in [0, 0.05) is 19.5 Å². The van der Waals surface area contributed by atoms with Crippen molar-refractivity contribution in [1.82, 2.24) is 9.80 Å². The second-order valence-electron chi connectivity index (χ2n) is 6.84. The Bertz CT molecular complexity index is 530. The number of carbonyl (C=O) groups excluding carboxylic acids is 2. The van der Waals surface area contributed by atoms with Crippen molar-refractivity contribution in [3.63, 3.8) is 0 Å². The molecule has 2 aliphatic heterocycles. The van der Waals surface area contributed by atoms with Crippen LogP contribution < -0.4 is 0 Å². The summed E-state index contributed by atoms with van der Waals surface area (Å²) in [4.78, 5) is 28.7. The second kappa shape index (κ2) is 6.15. The van der Waals surface area contributed by atoms with Gasteiger partial charge in [0.1, 0.15) is 11.8 Å². The highest BCUT2D eigenvalue weighted by Gasteiger charge is 2.39. The first-order chi connectivity index (χ1) is 10.5. The van der Waals surface area contributed by atoms with Crippen molar-refractivity contribution in [2.75, 3.05) is 13.1 Å². The van der Waals surface area contributed by atoms with Crippen LogP contribution in [0, 0.1) is 11.8 Å². The molecule has 0 N–H and O–H groups in total. The largest absolute Gasteiger partial charge is 0.467 e. The molecule has 3 atom stereocenters. The second-order valence-corrected chi connectivity index (χ2v) is 6.84. The fourth-order valence-electron chi connectivity index (χ4n) is 3.81. The minimum absolute atomic E-state index is 0.0489. The minimum atomic E-state index is -0.324. The maximum absolute atomic E-state index is 12.9.